The van der Waals surface area contributed by atoms with Crippen LogP contribution in [-0.4, -0.2) is 21.4 Å². The van der Waals surface area contributed by atoms with Crippen LogP contribution >= 0.6 is 0 Å². The first-order valence-electron chi connectivity index (χ1n) is 7.72. The first kappa shape index (κ1) is 13.9. The highest BCUT2D eigenvalue weighted by atomic mass is 15.1. The highest BCUT2D eigenvalue weighted by Crippen LogP contribution is 2.17. The van der Waals surface area contributed by atoms with Crippen molar-refractivity contribution in [3.05, 3.63) is 35.8 Å². The summed E-state index contributed by atoms with van der Waals surface area (Å²) in [5.41, 5.74) is 9.05. The Morgan fingerprint density at radius 1 is 1.38 bits per heavy atom. The van der Waals surface area contributed by atoms with Crippen LogP contribution in [0.3, 0.4) is 0 Å². The van der Waals surface area contributed by atoms with Crippen LogP contribution in [0.1, 0.15) is 43.5 Å². The molecule has 3 N–H and O–H groups in total. The summed E-state index contributed by atoms with van der Waals surface area (Å²) in [5.74, 6) is 0.538. The van der Waals surface area contributed by atoms with Crippen LogP contribution in [-0.2, 0) is 6.54 Å². The van der Waals surface area contributed by atoms with Gasteiger partial charge in [0.15, 0.2) is 5.96 Å². The van der Waals surface area contributed by atoms with Gasteiger partial charge in [-0.15, -0.1) is 0 Å². The highest BCUT2D eigenvalue weighted by Gasteiger charge is 2.13. The van der Waals surface area contributed by atoms with Crippen molar-refractivity contribution >= 4 is 11.6 Å². The summed E-state index contributed by atoms with van der Waals surface area (Å²) < 4.78 is 2.08. The molecule has 1 fully saturated rings. The van der Waals surface area contributed by atoms with Gasteiger partial charge in [-0.1, -0.05) is 25.3 Å². The predicted octanol–water partition coefficient (Wildman–Crippen LogP) is 2.38. The Bertz CT molecular complexity index is 637. The second-order valence-corrected chi connectivity index (χ2v) is 5.81. The number of aromatic nitrogens is 2. The molecule has 21 heavy (non-hydrogen) atoms. The monoisotopic (exact) mass is 285 g/mol. The lowest BCUT2D eigenvalue weighted by molar-refractivity contribution is 0.412. The Morgan fingerprint density at radius 3 is 2.95 bits per heavy atom. The Labute approximate surface area is 125 Å². The number of hydrogen-bond donors (Lipinski definition) is 2. The van der Waals surface area contributed by atoms with Crippen LogP contribution in [0, 0.1) is 6.92 Å². The number of fused-ring (bicyclic) bond motifs is 1. The zero-order valence-corrected chi connectivity index (χ0v) is 12.5. The average molecular weight is 285 g/mol. The van der Waals surface area contributed by atoms with Crippen molar-refractivity contribution in [2.75, 3.05) is 0 Å². The highest BCUT2D eigenvalue weighted by molar-refractivity contribution is 5.78. The van der Waals surface area contributed by atoms with Crippen LogP contribution in [0.15, 0.2) is 29.4 Å². The largest absolute Gasteiger partial charge is 0.370 e. The van der Waals surface area contributed by atoms with E-state index < -0.39 is 0 Å². The number of imidazole rings is 1. The molecule has 112 valence electrons. The third kappa shape index (κ3) is 3.35. The van der Waals surface area contributed by atoms with E-state index in [4.69, 9.17) is 5.73 Å². The first-order valence-corrected chi connectivity index (χ1v) is 7.72. The van der Waals surface area contributed by atoms with Crippen LogP contribution in [0.4, 0.5) is 0 Å². The number of pyridine rings is 1. The smallest absolute Gasteiger partial charge is 0.189 e. The van der Waals surface area contributed by atoms with Crippen LogP contribution in [0.25, 0.3) is 5.65 Å². The molecule has 1 saturated carbocycles. The molecule has 0 saturated heterocycles. The number of nitrogens with two attached hydrogens (primary N) is 1. The van der Waals surface area contributed by atoms with E-state index in [2.05, 4.69) is 32.7 Å². The fourth-order valence-corrected chi connectivity index (χ4v) is 2.94. The van der Waals surface area contributed by atoms with E-state index in [9.17, 15) is 0 Å². The molecule has 0 unspecified atom stereocenters. The van der Waals surface area contributed by atoms with Gasteiger partial charge in [-0.2, -0.15) is 0 Å². The Hall–Kier alpha value is -2.04. The minimum atomic E-state index is 0.491. The fraction of sp³-hybridized carbons (Fsp3) is 0.500. The van der Waals surface area contributed by atoms with E-state index in [0.29, 0.717) is 18.5 Å². The maximum atomic E-state index is 5.98. The second-order valence-electron chi connectivity index (χ2n) is 5.81. The van der Waals surface area contributed by atoms with Gasteiger partial charge in [-0.25, -0.2) is 9.98 Å². The van der Waals surface area contributed by atoms with Gasteiger partial charge in [0.1, 0.15) is 5.65 Å². The molecular formula is C16H23N5. The lowest BCUT2D eigenvalue weighted by atomic mass is 9.96. The van der Waals surface area contributed by atoms with E-state index in [1.54, 1.807) is 0 Å². The van der Waals surface area contributed by atoms with Crippen molar-refractivity contribution in [1.82, 2.24) is 14.7 Å². The number of nitrogens with zero attached hydrogens (tertiary/aromatic N) is 3. The summed E-state index contributed by atoms with van der Waals surface area (Å²) in [6, 6.07) is 6.58. The maximum absolute atomic E-state index is 5.98. The molecule has 1 aliphatic carbocycles. The molecule has 0 spiro atoms. The first-order chi connectivity index (χ1) is 10.2. The van der Waals surface area contributed by atoms with Gasteiger partial charge >= 0.3 is 0 Å². The topological polar surface area (TPSA) is 67.7 Å². The van der Waals surface area contributed by atoms with Crippen LogP contribution < -0.4 is 11.1 Å². The van der Waals surface area contributed by atoms with E-state index in [1.807, 2.05) is 18.3 Å². The van der Waals surface area contributed by atoms with Gasteiger partial charge in [0.25, 0.3) is 0 Å². The molecule has 0 bridgehead atoms. The lowest BCUT2D eigenvalue weighted by Crippen LogP contribution is -2.41. The summed E-state index contributed by atoms with van der Waals surface area (Å²) in [6.07, 6.45) is 8.35. The van der Waals surface area contributed by atoms with Crippen molar-refractivity contribution in [3.8, 4) is 0 Å². The van der Waals surface area contributed by atoms with Gasteiger partial charge in [0.2, 0.25) is 0 Å². The van der Waals surface area contributed by atoms with Crippen molar-refractivity contribution in [1.29, 1.82) is 0 Å². The third-order valence-corrected chi connectivity index (χ3v) is 4.11. The summed E-state index contributed by atoms with van der Waals surface area (Å²) >= 11 is 0. The minimum absolute atomic E-state index is 0.491. The Kier molecular flexibility index (Phi) is 4.08. The zero-order valence-electron chi connectivity index (χ0n) is 12.5. The average Bonchev–Trinajstić information content (AvgIpc) is 2.91. The molecule has 2 aromatic heterocycles. The number of guanidine groups is 1. The van der Waals surface area contributed by atoms with Gasteiger partial charge in [-0.3, -0.25) is 0 Å². The lowest BCUT2D eigenvalue weighted by Gasteiger charge is -2.23. The number of rotatable bonds is 3. The van der Waals surface area contributed by atoms with Crippen molar-refractivity contribution in [3.63, 3.8) is 0 Å². The summed E-state index contributed by atoms with van der Waals surface area (Å²) in [4.78, 5) is 8.99. The molecule has 3 rings (SSSR count). The molecule has 0 radical (unpaired) electrons. The molecule has 1 aliphatic rings. The van der Waals surface area contributed by atoms with E-state index in [0.717, 1.165) is 11.3 Å². The molecule has 5 nitrogen and oxygen atoms in total. The van der Waals surface area contributed by atoms with Crippen LogP contribution in [0.5, 0.6) is 0 Å². The standard InChI is InChI=1S/C16H23N5/c1-12-6-5-9-15-19-14(11-21(12)15)10-18-16(17)20-13-7-3-2-4-8-13/h5-6,9,11,13H,2-4,7-8,10H2,1H3,(H3,17,18,20). The van der Waals surface area contributed by atoms with Gasteiger partial charge < -0.3 is 15.5 Å². The Morgan fingerprint density at radius 2 is 2.19 bits per heavy atom. The normalized spacial score (nSPS) is 17.3. The molecule has 2 aromatic rings. The summed E-state index contributed by atoms with van der Waals surface area (Å²) in [6.45, 7) is 2.59. The van der Waals surface area contributed by atoms with Crippen molar-refractivity contribution in [2.24, 2.45) is 10.7 Å². The SMILES string of the molecule is Cc1cccc2nc(CN=C(N)NC3CCCCC3)cn12. The number of aryl methyl sites for hydroxylation is 1. The maximum Gasteiger partial charge on any atom is 0.189 e. The molecule has 0 aromatic carbocycles. The van der Waals surface area contributed by atoms with Crippen molar-refractivity contribution < 1.29 is 0 Å². The Balaban J connectivity index is 1.64. The van der Waals surface area contributed by atoms with E-state index >= 15 is 0 Å². The number of aliphatic imine (C=N–C) groups is 1. The second kappa shape index (κ2) is 6.16. The minimum Gasteiger partial charge on any atom is -0.370 e. The molecule has 0 amide bonds. The number of hydrogen-bond acceptors (Lipinski definition) is 2. The van der Waals surface area contributed by atoms with Crippen molar-refractivity contribution in [2.45, 2.75) is 51.6 Å². The fourth-order valence-electron chi connectivity index (χ4n) is 2.94. The van der Waals surface area contributed by atoms with Gasteiger partial charge in [0.05, 0.1) is 12.2 Å². The summed E-state index contributed by atoms with van der Waals surface area (Å²) in [5, 5.41) is 3.33. The van der Waals surface area contributed by atoms with Gasteiger partial charge in [0, 0.05) is 17.9 Å². The molecule has 5 heteroatoms. The third-order valence-electron chi connectivity index (χ3n) is 4.11. The predicted molar refractivity (Wildman–Crippen MR) is 85.3 cm³/mol. The van der Waals surface area contributed by atoms with Gasteiger partial charge in [-0.05, 0) is 31.9 Å². The van der Waals surface area contributed by atoms with E-state index in [1.165, 1.54) is 37.8 Å². The quantitative estimate of drug-likeness (QED) is 0.672. The summed E-state index contributed by atoms with van der Waals surface area (Å²) in [7, 11) is 0. The molecule has 2 heterocycles. The molecular weight excluding hydrogens is 262 g/mol. The van der Waals surface area contributed by atoms with E-state index in [-0.39, 0.29) is 0 Å². The number of nitrogens with one attached hydrogen (secondary N) is 1. The molecule has 0 atom stereocenters. The van der Waals surface area contributed by atoms with Crippen LogP contribution in [0.2, 0.25) is 0 Å². The zero-order chi connectivity index (χ0) is 14.7. The molecule has 0 aliphatic heterocycles.